The van der Waals surface area contributed by atoms with Crippen LogP contribution in [0.3, 0.4) is 0 Å². The van der Waals surface area contributed by atoms with Gasteiger partial charge in [-0.15, -0.1) is 0 Å². The largest absolute Gasteiger partial charge is 0.457 e. The lowest BCUT2D eigenvalue weighted by Crippen LogP contribution is -2.24. The maximum Gasteiger partial charge on any atom is 0.261 e. The molecular formula is C32H24N2O6. The van der Waals surface area contributed by atoms with Crippen molar-refractivity contribution in [3.05, 3.63) is 118 Å². The number of ether oxygens (including phenoxy) is 2. The second kappa shape index (κ2) is 9.20. The van der Waals surface area contributed by atoms with Crippen molar-refractivity contribution in [1.29, 1.82) is 0 Å². The van der Waals surface area contributed by atoms with Crippen LogP contribution in [-0.2, 0) is 5.41 Å². The minimum atomic E-state index is -0.425. The van der Waals surface area contributed by atoms with Crippen molar-refractivity contribution in [3.63, 3.8) is 0 Å². The van der Waals surface area contributed by atoms with Crippen LogP contribution in [0.4, 0.5) is 0 Å². The van der Waals surface area contributed by atoms with E-state index in [0.29, 0.717) is 45.3 Å². The Kier molecular flexibility index (Phi) is 5.76. The number of imide groups is 2. The van der Waals surface area contributed by atoms with Crippen molar-refractivity contribution >= 4 is 23.6 Å². The lowest BCUT2D eigenvalue weighted by Gasteiger charge is -2.26. The summed E-state index contributed by atoms with van der Waals surface area (Å²) in [5.41, 5.74) is 3.18. The Balaban J connectivity index is 1.15. The Morgan fingerprint density at radius 1 is 0.550 bits per heavy atom. The number of nitrogens with one attached hydrogen (secondary N) is 1. The van der Waals surface area contributed by atoms with E-state index in [0.717, 1.165) is 16.0 Å². The number of amides is 4. The Morgan fingerprint density at radius 2 is 0.975 bits per heavy atom. The van der Waals surface area contributed by atoms with E-state index in [4.69, 9.17) is 9.47 Å². The summed E-state index contributed by atoms with van der Waals surface area (Å²) in [4.78, 5) is 49.2. The van der Waals surface area contributed by atoms with Crippen molar-refractivity contribution in [2.75, 3.05) is 7.05 Å². The zero-order chi connectivity index (χ0) is 28.2. The van der Waals surface area contributed by atoms with Gasteiger partial charge in [0.25, 0.3) is 23.6 Å². The molecule has 0 radical (unpaired) electrons. The second-order valence-corrected chi connectivity index (χ2v) is 10.2. The van der Waals surface area contributed by atoms with Gasteiger partial charge in [-0.1, -0.05) is 38.1 Å². The molecule has 8 nitrogen and oxygen atoms in total. The number of fused-ring (bicyclic) bond motifs is 2. The first-order valence-corrected chi connectivity index (χ1v) is 12.6. The number of hydrogen-bond acceptors (Lipinski definition) is 6. The minimum absolute atomic E-state index is 0.306. The molecule has 0 unspecified atom stereocenters. The molecule has 0 bridgehead atoms. The van der Waals surface area contributed by atoms with Crippen molar-refractivity contribution in [3.8, 4) is 23.0 Å². The van der Waals surface area contributed by atoms with E-state index in [1.807, 2.05) is 48.5 Å². The molecule has 2 aliphatic rings. The highest BCUT2D eigenvalue weighted by Crippen LogP contribution is 2.35. The van der Waals surface area contributed by atoms with Crippen LogP contribution >= 0.6 is 0 Å². The fraction of sp³-hybridized carbons (Fsp3) is 0.125. The molecule has 1 N–H and O–H groups in total. The van der Waals surface area contributed by atoms with Gasteiger partial charge >= 0.3 is 0 Å². The maximum atomic E-state index is 12.3. The molecular weight excluding hydrogens is 508 g/mol. The predicted octanol–water partition coefficient (Wildman–Crippen LogP) is 5.71. The average molecular weight is 533 g/mol. The van der Waals surface area contributed by atoms with Crippen LogP contribution in [0.2, 0.25) is 0 Å². The number of benzene rings is 4. The molecule has 0 fully saturated rings. The van der Waals surface area contributed by atoms with Gasteiger partial charge in [0.15, 0.2) is 0 Å². The lowest BCUT2D eigenvalue weighted by atomic mass is 9.78. The Bertz CT molecular complexity index is 1720. The Morgan fingerprint density at radius 3 is 1.52 bits per heavy atom. The van der Waals surface area contributed by atoms with Gasteiger partial charge in [-0.25, -0.2) is 0 Å². The Labute approximate surface area is 230 Å². The number of nitrogens with zero attached hydrogens (tertiary/aromatic N) is 1. The molecule has 40 heavy (non-hydrogen) atoms. The van der Waals surface area contributed by atoms with Crippen molar-refractivity contribution < 1.29 is 28.7 Å². The van der Waals surface area contributed by atoms with Crippen molar-refractivity contribution in [2.24, 2.45) is 0 Å². The number of carbonyl (C=O) groups excluding carboxylic acids is 4. The molecule has 198 valence electrons. The lowest BCUT2D eigenvalue weighted by molar-refractivity contribution is 0.0691. The number of carbonyl (C=O) groups is 4. The van der Waals surface area contributed by atoms with Gasteiger partial charge < -0.3 is 9.47 Å². The summed E-state index contributed by atoms with van der Waals surface area (Å²) >= 11 is 0. The van der Waals surface area contributed by atoms with Crippen LogP contribution in [0.5, 0.6) is 23.0 Å². The predicted molar refractivity (Wildman–Crippen MR) is 146 cm³/mol. The van der Waals surface area contributed by atoms with Gasteiger partial charge in [-0.05, 0) is 71.8 Å². The van der Waals surface area contributed by atoms with Gasteiger partial charge in [-0.2, -0.15) is 0 Å². The summed E-state index contributed by atoms with van der Waals surface area (Å²) < 4.78 is 11.9. The third-order valence-corrected chi connectivity index (χ3v) is 7.39. The fourth-order valence-corrected chi connectivity index (χ4v) is 4.93. The molecule has 4 aromatic rings. The van der Waals surface area contributed by atoms with Crippen molar-refractivity contribution in [1.82, 2.24) is 10.2 Å². The molecule has 0 aliphatic carbocycles. The highest BCUT2D eigenvalue weighted by Gasteiger charge is 2.33. The van der Waals surface area contributed by atoms with Crippen LogP contribution in [0.1, 0.15) is 66.4 Å². The SMILES string of the molecule is CN1C(=O)c2ccc(Oc3ccc(C(C)(C)c4ccc(Oc5ccc6c(c5)C(=O)NC6=O)cc4)cc3)cc2C1=O. The molecule has 4 aromatic carbocycles. The van der Waals surface area contributed by atoms with E-state index in [1.54, 1.807) is 36.4 Å². The van der Waals surface area contributed by atoms with E-state index in [9.17, 15) is 19.2 Å². The fourth-order valence-electron chi connectivity index (χ4n) is 4.93. The molecule has 4 amide bonds. The number of rotatable bonds is 6. The average Bonchev–Trinajstić information content (AvgIpc) is 3.35. The van der Waals surface area contributed by atoms with Crippen molar-refractivity contribution in [2.45, 2.75) is 19.3 Å². The van der Waals surface area contributed by atoms with E-state index in [-0.39, 0.29) is 17.2 Å². The highest BCUT2D eigenvalue weighted by atomic mass is 16.5. The molecule has 0 atom stereocenters. The summed E-state index contributed by atoms with van der Waals surface area (Å²) in [6.07, 6.45) is 0. The van der Waals surface area contributed by atoms with E-state index in [1.165, 1.54) is 7.05 Å². The summed E-state index contributed by atoms with van der Waals surface area (Å²) in [5, 5.41) is 2.28. The third-order valence-electron chi connectivity index (χ3n) is 7.39. The molecule has 0 saturated carbocycles. The van der Waals surface area contributed by atoms with E-state index in [2.05, 4.69) is 19.2 Å². The molecule has 2 aliphatic heterocycles. The molecule has 6 rings (SSSR count). The standard InChI is InChI=1S/C32H24N2O6/c1-32(2,18-4-8-20(9-5-18)39-22-12-14-24-26(16-22)29(36)33-28(24)35)19-6-10-21(11-7-19)40-23-13-15-25-27(17-23)31(38)34(3)30(25)37/h4-17H,1-3H3,(H,33,35,36). The molecule has 0 aromatic heterocycles. The Hall–Kier alpha value is -5.24. The van der Waals surface area contributed by atoms with Crippen LogP contribution in [0.15, 0.2) is 84.9 Å². The van der Waals surface area contributed by atoms with E-state index < -0.39 is 11.8 Å². The van der Waals surface area contributed by atoms with Gasteiger partial charge in [0.1, 0.15) is 23.0 Å². The van der Waals surface area contributed by atoms with E-state index >= 15 is 0 Å². The quantitative estimate of drug-likeness (QED) is 0.319. The monoisotopic (exact) mass is 532 g/mol. The molecule has 0 saturated heterocycles. The first-order chi connectivity index (χ1) is 19.1. The maximum absolute atomic E-state index is 12.3. The third kappa shape index (κ3) is 4.19. The summed E-state index contributed by atoms with van der Waals surface area (Å²) in [5.74, 6) is 0.689. The smallest absolute Gasteiger partial charge is 0.261 e. The molecule has 8 heteroatoms. The van der Waals surface area contributed by atoms with Crippen LogP contribution < -0.4 is 14.8 Å². The summed E-state index contributed by atoms with van der Waals surface area (Å²) in [6.45, 7) is 4.24. The highest BCUT2D eigenvalue weighted by molar-refractivity contribution is 6.22. The topological polar surface area (TPSA) is 102 Å². The molecule has 2 heterocycles. The first-order valence-electron chi connectivity index (χ1n) is 12.6. The summed E-state index contributed by atoms with van der Waals surface area (Å²) in [6, 6.07) is 25.1. The first kappa shape index (κ1) is 25.1. The van der Waals surface area contributed by atoms with Gasteiger partial charge in [0.05, 0.1) is 22.3 Å². The zero-order valence-electron chi connectivity index (χ0n) is 22.0. The van der Waals surface area contributed by atoms with Gasteiger partial charge in [0.2, 0.25) is 0 Å². The van der Waals surface area contributed by atoms with Gasteiger partial charge in [0, 0.05) is 12.5 Å². The zero-order valence-corrected chi connectivity index (χ0v) is 22.0. The normalized spacial score (nSPS) is 14.2. The molecule has 0 spiro atoms. The van der Waals surface area contributed by atoms with Crippen LogP contribution in [0.25, 0.3) is 0 Å². The number of hydrogen-bond donors (Lipinski definition) is 1. The van der Waals surface area contributed by atoms with Gasteiger partial charge in [-0.3, -0.25) is 29.4 Å². The second-order valence-electron chi connectivity index (χ2n) is 10.2. The minimum Gasteiger partial charge on any atom is -0.457 e. The summed E-state index contributed by atoms with van der Waals surface area (Å²) in [7, 11) is 1.46. The van der Waals surface area contributed by atoms with Crippen LogP contribution in [0, 0.1) is 0 Å². The van der Waals surface area contributed by atoms with Crippen LogP contribution in [-0.4, -0.2) is 35.6 Å².